The number of nitrogens with zero attached hydrogens (tertiary/aromatic N) is 3. The van der Waals surface area contributed by atoms with Crippen LogP contribution >= 0.6 is 11.3 Å². The lowest BCUT2D eigenvalue weighted by molar-refractivity contribution is 0.0737. The molecule has 4 rings (SSSR count). The van der Waals surface area contributed by atoms with Crippen molar-refractivity contribution in [1.29, 1.82) is 0 Å². The highest BCUT2D eigenvalue weighted by atomic mass is 32.1. The summed E-state index contributed by atoms with van der Waals surface area (Å²) in [5.74, 6) is 0.459. The summed E-state index contributed by atoms with van der Waals surface area (Å²) in [5, 5.41) is 4.37. The molecule has 3 aromatic rings. The van der Waals surface area contributed by atoms with Crippen molar-refractivity contribution >= 4 is 33.3 Å². The zero-order valence-electron chi connectivity index (χ0n) is 13.8. The molecule has 2 aromatic heterocycles. The van der Waals surface area contributed by atoms with Crippen molar-refractivity contribution in [1.82, 2.24) is 14.9 Å². The van der Waals surface area contributed by atoms with E-state index >= 15 is 0 Å². The van der Waals surface area contributed by atoms with E-state index in [9.17, 15) is 9.18 Å². The monoisotopic (exact) mass is 356 g/mol. The van der Waals surface area contributed by atoms with Gasteiger partial charge in [-0.3, -0.25) is 4.79 Å². The predicted molar refractivity (Wildman–Crippen MR) is 96.4 cm³/mol. The maximum absolute atomic E-state index is 13.1. The second kappa shape index (κ2) is 6.40. The Morgan fingerprint density at radius 1 is 1.32 bits per heavy atom. The molecule has 0 bridgehead atoms. The number of hydrogen-bond donors (Lipinski definition) is 1. The number of hydrogen-bond acceptors (Lipinski definition) is 5. The number of nitrogens with one attached hydrogen (secondary N) is 1. The minimum absolute atomic E-state index is 0.0684. The number of carbonyl (C=O) groups is 1. The first-order valence-electron chi connectivity index (χ1n) is 8.21. The Hall–Kier alpha value is -2.54. The summed E-state index contributed by atoms with van der Waals surface area (Å²) >= 11 is 1.61. The zero-order chi connectivity index (χ0) is 17.4. The molecule has 1 amide bonds. The van der Waals surface area contributed by atoms with E-state index in [1.54, 1.807) is 17.7 Å². The van der Waals surface area contributed by atoms with Crippen LogP contribution in [0.5, 0.6) is 0 Å². The SMILES string of the molecule is CCNc1ncnc2sc3c(c12)CCN(C(=O)c1ccc(F)cc1)C3. The van der Waals surface area contributed by atoms with Gasteiger partial charge in [0.1, 0.15) is 22.8 Å². The second-order valence-electron chi connectivity index (χ2n) is 5.92. The number of amides is 1. The van der Waals surface area contributed by atoms with Crippen LogP contribution in [0.2, 0.25) is 0 Å². The van der Waals surface area contributed by atoms with E-state index in [2.05, 4.69) is 15.3 Å². The van der Waals surface area contributed by atoms with Crippen LogP contribution in [0.25, 0.3) is 10.2 Å². The van der Waals surface area contributed by atoms with Crippen LogP contribution in [0.4, 0.5) is 10.2 Å². The minimum Gasteiger partial charge on any atom is -0.370 e. The third kappa shape index (κ3) is 2.84. The van der Waals surface area contributed by atoms with Gasteiger partial charge in [0.15, 0.2) is 0 Å². The Bertz CT molecular complexity index is 938. The fourth-order valence-electron chi connectivity index (χ4n) is 3.18. The Kier molecular flexibility index (Phi) is 4.09. The van der Waals surface area contributed by atoms with E-state index < -0.39 is 0 Å². The van der Waals surface area contributed by atoms with Crippen LogP contribution < -0.4 is 5.32 Å². The standard InChI is InChI=1S/C18H17FN4OS/c1-2-20-16-15-13-7-8-23(9-14(13)25-17(15)22-10-21-16)18(24)11-3-5-12(19)6-4-11/h3-6,10H,2,7-9H2,1H3,(H,20,21,22). The van der Waals surface area contributed by atoms with E-state index in [0.717, 1.165) is 33.9 Å². The average Bonchev–Trinajstić information content (AvgIpc) is 3.00. The van der Waals surface area contributed by atoms with Gasteiger partial charge in [0.2, 0.25) is 0 Å². The van der Waals surface area contributed by atoms with Crippen molar-refractivity contribution in [2.24, 2.45) is 0 Å². The Morgan fingerprint density at radius 2 is 2.12 bits per heavy atom. The Morgan fingerprint density at radius 3 is 2.88 bits per heavy atom. The van der Waals surface area contributed by atoms with Gasteiger partial charge in [-0.2, -0.15) is 0 Å². The van der Waals surface area contributed by atoms with Crippen LogP contribution in [-0.2, 0) is 13.0 Å². The molecule has 0 fully saturated rings. The molecule has 1 aliphatic rings. The average molecular weight is 356 g/mol. The summed E-state index contributed by atoms with van der Waals surface area (Å²) in [6, 6.07) is 5.71. The largest absolute Gasteiger partial charge is 0.370 e. The van der Waals surface area contributed by atoms with Crippen molar-refractivity contribution in [3.05, 3.63) is 52.4 Å². The number of thiophene rings is 1. The molecule has 25 heavy (non-hydrogen) atoms. The van der Waals surface area contributed by atoms with Crippen molar-refractivity contribution in [2.75, 3.05) is 18.4 Å². The first-order valence-corrected chi connectivity index (χ1v) is 9.03. The topological polar surface area (TPSA) is 58.1 Å². The minimum atomic E-state index is -0.337. The highest BCUT2D eigenvalue weighted by Gasteiger charge is 2.26. The maximum Gasteiger partial charge on any atom is 0.254 e. The molecule has 0 radical (unpaired) electrons. The summed E-state index contributed by atoms with van der Waals surface area (Å²) < 4.78 is 13.1. The summed E-state index contributed by atoms with van der Waals surface area (Å²) in [6.07, 6.45) is 2.34. The van der Waals surface area contributed by atoms with E-state index in [4.69, 9.17) is 0 Å². The second-order valence-corrected chi connectivity index (χ2v) is 7.00. The summed E-state index contributed by atoms with van der Waals surface area (Å²) in [7, 11) is 0. The van der Waals surface area contributed by atoms with Gasteiger partial charge in [0.05, 0.1) is 11.9 Å². The maximum atomic E-state index is 13.1. The van der Waals surface area contributed by atoms with E-state index in [1.807, 2.05) is 11.8 Å². The van der Waals surface area contributed by atoms with Crippen molar-refractivity contribution in [3.8, 4) is 0 Å². The zero-order valence-corrected chi connectivity index (χ0v) is 14.6. The van der Waals surface area contributed by atoms with Gasteiger partial charge in [0.25, 0.3) is 5.91 Å². The molecule has 0 saturated heterocycles. The van der Waals surface area contributed by atoms with E-state index in [1.165, 1.54) is 29.8 Å². The van der Waals surface area contributed by atoms with Gasteiger partial charge in [-0.05, 0) is 43.2 Å². The lowest BCUT2D eigenvalue weighted by atomic mass is 10.0. The van der Waals surface area contributed by atoms with Gasteiger partial charge < -0.3 is 10.2 Å². The molecule has 0 unspecified atom stereocenters. The molecular formula is C18H17FN4OS. The first-order chi connectivity index (χ1) is 12.2. The van der Waals surface area contributed by atoms with Crippen LogP contribution in [0, 0.1) is 5.82 Å². The van der Waals surface area contributed by atoms with Gasteiger partial charge in [-0.1, -0.05) is 0 Å². The quantitative estimate of drug-likeness (QED) is 0.781. The van der Waals surface area contributed by atoms with Crippen LogP contribution in [0.3, 0.4) is 0 Å². The van der Waals surface area contributed by atoms with Crippen LogP contribution in [0.1, 0.15) is 27.7 Å². The highest BCUT2D eigenvalue weighted by Crippen LogP contribution is 2.37. The van der Waals surface area contributed by atoms with Crippen molar-refractivity contribution in [2.45, 2.75) is 19.9 Å². The van der Waals surface area contributed by atoms with Gasteiger partial charge in [-0.15, -0.1) is 11.3 Å². The third-order valence-electron chi connectivity index (χ3n) is 4.36. The molecule has 0 spiro atoms. The smallest absolute Gasteiger partial charge is 0.254 e. The van der Waals surface area contributed by atoms with E-state index in [-0.39, 0.29) is 11.7 Å². The first kappa shape index (κ1) is 16.0. The molecule has 5 nitrogen and oxygen atoms in total. The third-order valence-corrected chi connectivity index (χ3v) is 5.48. The summed E-state index contributed by atoms with van der Waals surface area (Å²) in [6.45, 7) is 4.02. The summed E-state index contributed by atoms with van der Waals surface area (Å²) in [4.78, 5) is 25.3. The lowest BCUT2D eigenvalue weighted by Gasteiger charge is -2.27. The summed E-state index contributed by atoms with van der Waals surface area (Å²) in [5.41, 5.74) is 1.75. The van der Waals surface area contributed by atoms with Crippen molar-refractivity contribution in [3.63, 3.8) is 0 Å². The lowest BCUT2D eigenvalue weighted by Crippen LogP contribution is -2.35. The number of rotatable bonds is 3. The molecule has 7 heteroatoms. The molecule has 3 heterocycles. The molecule has 0 atom stereocenters. The van der Waals surface area contributed by atoms with E-state index in [0.29, 0.717) is 18.7 Å². The molecule has 1 N–H and O–H groups in total. The number of carbonyl (C=O) groups excluding carboxylic acids is 1. The van der Waals surface area contributed by atoms with Gasteiger partial charge in [-0.25, -0.2) is 14.4 Å². The Labute approximate surface area is 148 Å². The number of fused-ring (bicyclic) bond motifs is 3. The highest BCUT2D eigenvalue weighted by molar-refractivity contribution is 7.19. The number of aromatic nitrogens is 2. The van der Waals surface area contributed by atoms with Crippen molar-refractivity contribution < 1.29 is 9.18 Å². The van der Waals surface area contributed by atoms with Crippen LogP contribution in [0.15, 0.2) is 30.6 Å². The normalized spacial score (nSPS) is 13.8. The molecule has 1 aromatic carbocycles. The number of benzene rings is 1. The molecular weight excluding hydrogens is 339 g/mol. The molecule has 1 aliphatic heterocycles. The molecule has 128 valence electrons. The fraction of sp³-hybridized carbons (Fsp3) is 0.278. The molecule has 0 saturated carbocycles. The molecule has 0 aliphatic carbocycles. The Balaban J connectivity index is 1.65. The number of anilines is 1. The fourth-order valence-corrected chi connectivity index (χ4v) is 4.38. The van der Waals surface area contributed by atoms with Gasteiger partial charge >= 0.3 is 0 Å². The predicted octanol–water partition coefficient (Wildman–Crippen LogP) is 3.46. The number of halogens is 1. The van der Waals surface area contributed by atoms with Crippen LogP contribution in [-0.4, -0.2) is 33.9 Å². The van der Waals surface area contributed by atoms with Gasteiger partial charge in [0, 0.05) is 23.5 Å².